The summed E-state index contributed by atoms with van der Waals surface area (Å²) in [6, 6.07) is 0. The number of nitrogens with zero attached hydrogens (tertiary/aromatic N) is 3. The summed E-state index contributed by atoms with van der Waals surface area (Å²) in [5.41, 5.74) is 0. The van der Waals surface area contributed by atoms with Crippen LogP contribution in [0.4, 0.5) is 4.79 Å². The van der Waals surface area contributed by atoms with Gasteiger partial charge in [0.1, 0.15) is 17.8 Å². The van der Waals surface area contributed by atoms with E-state index in [0.29, 0.717) is 5.04 Å². The standard InChI is InChI=1S/C11H21N3O5S2/c1-6-18-10(15)7-14(9(3)17-5)21-13(4)11(16)19-12-8(2)20/h9H,6-7H2,1-5H3,(H,12,20). The third-order valence-corrected chi connectivity index (χ3v) is 3.19. The molecule has 0 N–H and O–H groups in total. The van der Waals surface area contributed by atoms with Gasteiger partial charge in [0.05, 0.1) is 6.61 Å². The number of methoxy groups -OCH3 is 1. The Morgan fingerprint density at radius 1 is 1.43 bits per heavy atom. The molecular formula is C11H21N3O5S2. The SMILES string of the molecule is CCOC(=O)CN(SN(C)C(=O)ON=C(C)S)C(C)OC. The van der Waals surface area contributed by atoms with Crippen LogP contribution in [0, 0.1) is 0 Å². The highest BCUT2D eigenvalue weighted by molar-refractivity contribution is 7.96. The van der Waals surface area contributed by atoms with E-state index in [2.05, 4.69) is 22.6 Å². The summed E-state index contributed by atoms with van der Waals surface area (Å²) in [6.45, 7) is 5.27. The van der Waals surface area contributed by atoms with Crippen LogP contribution in [0.2, 0.25) is 0 Å². The molecule has 1 atom stereocenters. The van der Waals surface area contributed by atoms with E-state index < -0.39 is 18.3 Å². The Balaban J connectivity index is 4.61. The van der Waals surface area contributed by atoms with Gasteiger partial charge in [-0.3, -0.25) is 9.63 Å². The van der Waals surface area contributed by atoms with Gasteiger partial charge in [0.15, 0.2) is 0 Å². The van der Waals surface area contributed by atoms with Crippen LogP contribution in [0.25, 0.3) is 0 Å². The summed E-state index contributed by atoms with van der Waals surface area (Å²) in [7, 11) is 2.98. The van der Waals surface area contributed by atoms with Crippen molar-refractivity contribution in [2.24, 2.45) is 5.16 Å². The zero-order valence-corrected chi connectivity index (χ0v) is 14.4. The lowest BCUT2D eigenvalue weighted by atomic mass is 10.5. The molecule has 0 saturated heterocycles. The summed E-state index contributed by atoms with van der Waals surface area (Å²) in [6.07, 6.45) is -1.12. The molecule has 0 aliphatic rings. The fraction of sp³-hybridized carbons (Fsp3) is 0.727. The third kappa shape index (κ3) is 8.81. The topological polar surface area (TPSA) is 80.7 Å². The summed E-state index contributed by atoms with van der Waals surface area (Å²) >= 11 is 4.85. The van der Waals surface area contributed by atoms with Crippen LogP contribution in [0.3, 0.4) is 0 Å². The van der Waals surface area contributed by atoms with E-state index in [9.17, 15) is 9.59 Å². The molecule has 21 heavy (non-hydrogen) atoms. The van der Waals surface area contributed by atoms with Gasteiger partial charge in [-0.1, -0.05) is 5.16 Å². The minimum Gasteiger partial charge on any atom is -0.465 e. The predicted molar refractivity (Wildman–Crippen MR) is 83.7 cm³/mol. The van der Waals surface area contributed by atoms with Gasteiger partial charge in [-0.2, -0.15) is 4.31 Å². The van der Waals surface area contributed by atoms with Crippen molar-refractivity contribution in [2.75, 3.05) is 27.3 Å². The lowest BCUT2D eigenvalue weighted by Gasteiger charge is -2.28. The van der Waals surface area contributed by atoms with Crippen LogP contribution < -0.4 is 0 Å². The van der Waals surface area contributed by atoms with E-state index in [-0.39, 0.29) is 13.2 Å². The first-order valence-electron chi connectivity index (χ1n) is 6.13. The molecule has 0 aromatic carbocycles. The maximum Gasteiger partial charge on any atom is 0.446 e. The Labute approximate surface area is 134 Å². The Kier molecular flexibility index (Phi) is 10.2. The number of ether oxygens (including phenoxy) is 2. The molecule has 1 amide bonds. The van der Waals surface area contributed by atoms with Gasteiger partial charge in [0.2, 0.25) is 0 Å². The number of amides is 1. The number of carbonyl (C=O) groups is 2. The highest BCUT2D eigenvalue weighted by atomic mass is 32.2. The Hall–Kier alpha value is -0.970. The van der Waals surface area contributed by atoms with Crippen molar-refractivity contribution < 1.29 is 23.9 Å². The molecule has 122 valence electrons. The summed E-state index contributed by atoms with van der Waals surface area (Å²) in [5, 5.41) is 3.76. The normalized spacial score (nSPS) is 13.0. The molecule has 0 aromatic rings. The van der Waals surface area contributed by atoms with E-state index in [1.807, 2.05) is 0 Å². The largest absolute Gasteiger partial charge is 0.465 e. The van der Waals surface area contributed by atoms with E-state index in [0.717, 1.165) is 12.1 Å². The number of esters is 1. The zero-order valence-electron chi connectivity index (χ0n) is 12.7. The van der Waals surface area contributed by atoms with Gasteiger partial charge < -0.3 is 9.47 Å². The maximum atomic E-state index is 11.7. The quantitative estimate of drug-likeness (QED) is 0.105. The molecule has 0 bridgehead atoms. The van der Waals surface area contributed by atoms with Gasteiger partial charge >= 0.3 is 12.1 Å². The molecule has 8 nitrogen and oxygen atoms in total. The molecule has 0 radical (unpaired) electrons. The van der Waals surface area contributed by atoms with Crippen LogP contribution in [-0.2, 0) is 19.1 Å². The molecule has 10 heteroatoms. The minimum absolute atomic E-state index is 0.0417. The highest BCUT2D eigenvalue weighted by Crippen LogP contribution is 2.19. The van der Waals surface area contributed by atoms with Gasteiger partial charge in [0, 0.05) is 26.3 Å². The molecule has 0 aliphatic heterocycles. The van der Waals surface area contributed by atoms with Gasteiger partial charge in [0.25, 0.3) is 0 Å². The smallest absolute Gasteiger partial charge is 0.446 e. The Morgan fingerprint density at radius 3 is 2.52 bits per heavy atom. The van der Waals surface area contributed by atoms with Crippen LogP contribution in [-0.4, -0.2) is 59.3 Å². The number of oxime groups is 1. The van der Waals surface area contributed by atoms with E-state index in [4.69, 9.17) is 9.47 Å². The molecule has 0 heterocycles. The van der Waals surface area contributed by atoms with Gasteiger partial charge in [-0.05, 0) is 20.8 Å². The average molecular weight is 339 g/mol. The lowest BCUT2D eigenvalue weighted by Crippen LogP contribution is -2.37. The second-order valence-electron chi connectivity index (χ2n) is 3.79. The first-order valence-corrected chi connectivity index (χ1v) is 7.30. The number of hydrogen-bond donors (Lipinski definition) is 1. The van der Waals surface area contributed by atoms with Crippen LogP contribution >= 0.6 is 24.8 Å². The third-order valence-electron chi connectivity index (χ3n) is 2.08. The van der Waals surface area contributed by atoms with Crippen LogP contribution in [0.1, 0.15) is 20.8 Å². The number of thiol groups is 1. The molecule has 0 aromatic heterocycles. The molecule has 0 aliphatic carbocycles. The van der Waals surface area contributed by atoms with Crippen molar-refractivity contribution in [3.05, 3.63) is 0 Å². The van der Waals surface area contributed by atoms with Crippen molar-refractivity contribution >= 4 is 41.9 Å². The Morgan fingerprint density at radius 2 is 2.05 bits per heavy atom. The number of rotatable bonds is 8. The average Bonchev–Trinajstić information content (AvgIpc) is 2.43. The highest BCUT2D eigenvalue weighted by Gasteiger charge is 2.23. The van der Waals surface area contributed by atoms with Crippen molar-refractivity contribution in [2.45, 2.75) is 27.0 Å². The first-order chi connectivity index (χ1) is 9.81. The van der Waals surface area contributed by atoms with E-state index in [1.54, 1.807) is 20.8 Å². The number of hydrogen-bond acceptors (Lipinski definition) is 8. The molecular weight excluding hydrogens is 318 g/mol. The molecule has 0 spiro atoms. The molecule has 0 saturated carbocycles. The van der Waals surface area contributed by atoms with Crippen molar-refractivity contribution in [3.8, 4) is 0 Å². The van der Waals surface area contributed by atoms with Gasteiger partial charge in [-0.15, -0.1) is 12.6 Å². The van der Waals surface area contributed by atoms with Gasteiger partial charge in [-0.25, -0.2) is 9.10 Å². The first kappa shape index (κ1) is 20.0. The monoisotopic (exact) mass is 339 g/mol. The van der Waals surface area contributed by atoms with Crippen LogP contribution in [0.15, 0.2) is 5.16 Å². The summed E-state index contributed by atoms with van der Waals surface area (Å²) in [4.78, 5) is 27.8. The van der Waals surface area contributed by atoms with Crippen molar-refractivity contribution in [1.82, 2.24) is 8.61 Å². The molecule has 0 fully saturated rings. The summed E-state index contributed by atoms with van der Waals surface area (Å²) in [5.74, 6) is -0.417. The second kappa shape index (κ2) is 10.7. The fourth-order valence-corrected chi connectivity index (χ4v) is 1.87. The van der Waals surface area contributed by atoms with Crippen LogP contribution in [0.5, 0.6) is 0 Å². The van der Waals surface area contributed by atoms with Crippen molar-refractivity contribution in [1.29, 1.82) is 0 Å². The predicted octanol–water partition coefficient (Wildman–Crippen LogP) is 1.74. The second-order valence-corrected chi connectivity index (χ2v) is 5.62. The molecule has 1 unspecified atom stereocenters. The fourth-order valence-electron chi connectivity index (χ4n) is 1.03. The molecule has 0 rings (SSSR count). The minimum atomic E-state index is -0.703. The van der Waals surface area contributed by atoms with Crippen molar-refractivity contribution in [3.63, 3.8) is 0 Å². The summed E-state index contributed by atoms with van der Waals surface area (Å²) < 4.78 is 12.7. The zero-order chi connectivity index (χ0) is 16.4. The Bertz CT molecular complexity index is 377. The van der Waals surface area contributed by atoms with E-state index >= 15 is 0 Å². The maximum absolute atomic E-state index is 11.7. The van der Waals surface area contributed by atoms with E-state index in [1.165, 1.54) is 22.8 Å². The number of carbonyl (C=O) groups excluding carboxylic acids is 2. The lowest BCUT2D eigenvalue weighted by molar-refractivity contribution is -0.144.